The van der Waals surface area contributed by atoms with Crippen molar-refractivity contribution in [3.05, 3.63) is 0 Å². The first kappa shape index (κ1) is 11.9. The van der Waals surface area contributed by atoms with Crippen LogP contribution < -0.4 is 5.32 Å². The summed E-state index contributed by atoms with van der Waals surface area (Å²) in [4.78, 5) is 21.3. The molecule has 2 atom stereocenters. The Balaban J connectivity index is 4.10. The number of rotatable bonds is 5. The van der Waals surface area contributed by atoms with Crippen molar-refractivity contribution in [1.82, 2.24) is 5.32 Å². The van der Waals surface area contributed by atoms with Crippen molar-refractivity contribution < 1.29 is 24.5 Å². The Morgan fingerprint density at radius 1 is 1.54 bits per heavy atom. The Kier molecular flexibility index (Phi) is 5.01. The third kappa shape index (κ3) is 4.44. The number of ether oxygens (including phenoxy) is 1. The van der Waals surface area contributed by atoms with Crippen molar-refractivity contribution in [2.75, 3.05) is 13.7 Å². The maximum Gasteiger partial charge on any atom is 0.328 e. The van der Waals surface area contributed by atoms with Gasteiger partial charge in [0, 0.05) is 7.11 Å². The lowest BCUT2D eigenvalue weighted by Gasteiger charge is -2.16. The Hall–Kier alpha value is -1.14. The van der Waals surface area contributed by atoms with Gasteiger partial charge in [0.05, 0.1) is 6.10 Å². The molecule has 0 unspecified atom stereocenters. The predicted molar refractivity (Wildman–Crippen MR) is 43.1 cm³/mol. The Labute approximate surface area is 75.5 Å². The number of methoxy groups -OCH3 is 1. The second-order valence-corrected chi connectivity index (χ2v) is 2.56. The van der Waals surface area contributed by atoms with Gasteiger partial charge in [-0.3, -0.25) is 4.79 Å². The van der Waals surface area contributed by atoms with Gasteiger partial charge in [0.1, 0.15) is 6.61 Å². The second-order valence-electron chi connectivity index (χ2n) is 2.56. The molecule has 1 amide bonds. The lowest BCUT2D eigenvalue weighted by atomic mass is 10.2. The maximum atomic E-state index is 10.9. The Morgan fingerprint density at radius 2 is 2.08 bits per heavy atom. The average Bonchev–Trinajstić information content (AvgIpc) is 1.99. The number of aliphatic hydroxyl groups is 1. The average molecular weight is 191 g/mol. The minimum atomic E-state index is -1.29. The zero-order valence-electron chi connectivity index (χ0n) is 7.48. The zero-order valence-corrected chi connectivity index (χ0v) is 7.48. The van der Waals surface area contributed by atoms with E-state index >= 15 is 0 Å². The molecule has 0 radical (unpaired) electrons. The van der Waals surface area contributed by atoms with E-state index in [-0.39, 0.29) is 6.61 Å². The van der Waals surface area contributed by atoms with Crippen LogP contribution >= 0.6 is 0 Å². The van der Waals surface area contributed by atoms with Gasteiger partial charge < -0.3 is 20.3 Å². The first-order valence-corrected chi connectivity index (χ1v) is 3.68. The van der Waals surface area contributed by atoms with E-state index in [1.807, 2.05) is 0 Å². The molecule has 0 aromatic rings. The molecule has 6 nitrogen and oxygen atoms in total. The quantitative estimate of drug-likeness (QED) is 0.495. The summed E-state index contributed by atoms with van der Waals surface area (Å²) in [6.45, 7) is 1.06. The molecule has 0 aliphatic carbocycles. The van der Waals surface area contributed by atoms with Gasteiger partial charge in [0.15, 0.2) is 6.04 Å². The number of carboxylic acids is 1. The maximum absolute atomic E-state index is 10.9. The summed E-state index contributed by atoms with van der Waals surface area (Å²) in [6, 6.07) is -1.29. The van der Waals surface area contributed by atoms with Gasteiger partial charge in [-0.25, -0.2) is 4.79 Å². The molecule has 0 spiro atoms. The van der Waals surface area contributed by atoms with Crippen LogP contribution in [-0.2, 0) is 14.3 Å². The van der Waals surface area contributed by atoms with Gasteiger partial charge in [-0.2, -0.15) is 0 Å². The first-order chi connectivity index (χ1) is 5.99. The SMILES string of the molecule is COCC(=O)N[C@H](C(=O)O)[C@@H](C)O. The number of hydrogen-bond acceptors (Lipinski definition) is 4. The summed E-state index contributed by atoms with van der Waals surface area (Å²) in [5, 5.41) is 19.6. The minimum Gasteiger partial charge on any atom is -0.480 e. The molecule has 0 bridgehead atoms. The smallest absolute Gasteiger partial charge is 0.328 e. The molecule has 0 aromatic carbocycles. The van der Waals surface area contributed by atoms with Crippen molar-refractivity contribution >= 4 is 11.9 Å². The molecule has 0 rings (SSSR count). The van der Waals surface area contributed by atoms with Crippen LogP contribution in [0.3, 0.4) is 0 Å². The van der Waals surface area contributed by atoms with Crippen molar-refractivity contribution in [3.63, 3.8) is 0 Å². The van der Waals surface area contributed by atoms with Crippen LogP contribution in [0.5, 0.6) is 0 Å². The molecule has 13 heavy (non-hydrogen) atoms. The molecule has 0 heterocycles. The van der Waals surface area contributed by atoms with E-state index in [4.69, 9.17) is 10.2 Å². The van der Waals surface area contributed by atoms with Gasteiger partial charge in [0.2, 0.25) is 5.91 Å². The van der Waals surface area contributed by atoms with E-state index < -0.39 is 24.0 Å². The van der Waals surface area contributed by atoms with E-state index in [1.165, 1.54) is 14.0 Å². The van der Waals surface area contributed by atoms with E-state index in [2.05, 4.69) is 10.1 Å². The molecule has 0 saturated carbocycles. The van der Waals surface area contributed by atoms with Crippen LogP contribution in [0, 0.1) is 0 Å². The third-order valence-corrected chi connectivity index (χ3v) is 1.34. The molecular weight excluding hydrogens is 178 g/mol. The molecular formula is C7H13NO5. The van der Waals surface area contributed by atoms with Crippen LogP contribution in [0.2, 0.25) is 0 Å². The highest BCUT2D eigenvalue weighted by atomic mass is 16.5. The molecule has 0 aromatic heterocycles. The van der Waals surface area contributed by atoms with Crippen molar-refractivity contribution in [2.24, 2.45) is 0 Å². The number of aliphatic carboxylic acids is 1. The summed E-state index contributed by atoms with van der Waals surface area (Å²) in [6.07, 6.45) is -1.14. The van der Waals surface area contributed by atoms with Gasteiger partial charge in [0.25, 0.3) is 0 Å². The number of carboxylic acid groups (broad SMARTS) is 1. The molecule has 3 N–H and O–H groups in total. The van der Waals surface area contributed by atoms with Crippen molar-refractivity contribution in [2.45, 2.75) is 19.1 Å². The number of carbonyl (C=O) groups is 2. The first-order valence-electron chi connectivity index (χ1n) is 3.68. The summed E-state index contributed by atoms with van der Waals surface area (Å²) >= 11 is 0. The third-order valence-electron chi connectivity index (χ3n) is 1.34. The van der Waals surface area contributed by atoms with Gasteiger partial charge in [-0.1, -0.05) is 0 Å². The zero-order chi connectivity index (χ0) is 10.4. The fourth-order valence-corrected chi connectivity index (χ4v) is 0.735. The van der Waals surface area contributed by atoms with Crippen molar-refractivity contribution in [1.29, 1.82) is 0 Å². The van der Waals surface area contributed by atoms with E-state index in [1.54, 1.807) is 0 Å². The fraction of sp³-hybridized carbons (Fsp3) is 0.714. The number of hydrogen-bond donors (Lipinski definition) is 3. The highest BCUT2D eigenvalue weighted by Gasteiger charge is 2.24. The van der Waals surface area contributed by atoms with Crippen LogP contribution in [0.25, 0.3) is 0 Å². The fourth-order valence-electron chi connectivity index (χ4n) is 0.735. The summed E-state index contributed by atoms with van der Waals surface area (Å²) in [5.41, 5.74) is 0. The molecule has 76 valence electrons. The highest BCUT2D eigenvalue weighted by Crippen LogP contribution is 1.92. The Bertz CT molecular complexity index is 191. The van der Waals surface area contributed by atoms with Gasteiger partial charge in [-0.05, 0) is 6.92 Å². The molecule has 0 aliphatic rings. The molecule has 6 heteroatoms. The highest BCUT2D eigenvalue weighted by molar-refractivity contribution is 5.84. The molecule has 0 saturated heterocycles. The topological polar surface area (TPSA) is 95.9 Å². The van der Waals surface area contributed by atoms with Crippen molar-refractivity contribution in [3.8, 4) is 0 Å². The van der Waals surface area contributed by atoms with Crippen LogP contribution in [-0.4, -0.2) is 48.0 Å². The predicted octanol–water partition coefficient (Wildman–Crippen LogP) is -1.42. The van der Waals surface area contributed by atoms with Crippen LogP contribution in [0.15, 0.2) is 0 Å². The Morgan fingerprint density at radius 3 is 2.38 bits per heavy atom. The molecule has 0 aliphatic heterocycles. The minimum absolute atomic E-state index is 0.226. The summed E-state index contributed by atoms with van der Waals surface area (Å²) in [7, 11) is 1.32. The summed E-state index contributed by atoms with van der Waals surface area (Å²) < 4.78 is 4.48. The lowest BCUT2D eigenvalue weighted by Crippen LogP contribution is -2.48. The van der Waals surface area contributed by atoms with Crippen LogP contribution in [0.4, 0.5) is 0 Å². The second kappa shape index (κ2) is 5.50. The lowest BCUT2D eigenvalue weighted by molar-refractivity contribution is -0.145. The number of carbonyl (C=O) groups excluding carboxylic acids is 1. The van der Waals surface area contributed by atoms with E-state index in [0.717, 1.165) is 0 Å². The largest absolute Gasteiger partial charge is 0.480 e. The standard InChI is InChI=1S/C7H13NO5/c1-4(9)6(7(11)12)8-5(10)3-13-2/h4,6,9H,3H2,1-2H3,(H,8,10)(H,11,12)/t4-,6+/m1/s1. The molecule has 0 fully saturated rings. The normalized spacial score (nSPS) is 14.7. The summed E-state index contributed by atoms with van der Waals surface area (Å²) in [5.74, 6) is -1.85. The number of amides is 1. The van der Waals surface area contributed by atoms with Gasteiger partial charge >= 0.3 is 5.97 Å². The van der Waals surface area contributed by atoms with Gasteiger partial charge in [-0.15, -0.1) is 0 Å². The number of nitrogens with one attached hydrogen (secondary N) is 1. The van der Waals surface area contributed by atoms with E-state index in [0.29, 0.717) is 0 Å². The van der Waals surface area contributed by atoms with Crippen LogP contribution in [0.1, 0.15) is 6.92 Å². The van der Waals surface area contributed by atoms with E-state index in [9.17, 15) is 9.59 Å². The monoisotopic (exact) mass is 191 g/mol. The number of aliphatic hydroxyl groups excluding tert-OH is 1.